The van der Waals surface area contributed by atoms with Crippen molar-refractivity contribution in [3.05, 3.63) is 107 Å². The molecule has 2 atom stereocenters. The van der Waals surface area contributed by atoms with E-state index in [1.165, 1.54) is 16.0 Å². The van der Waals surface area contributed by atoms with E-state index in [9.17, 15) is 5.11 Å². The molecule has 1 unspecified atom stereocenters. The Balaban J connectivity index is 1.38. The third-order valence-corrected chi connectivity index (χ3v) is 5.49. The van der Waals surface area contributed by atoms with Crippen LogP contribution in [-0.4, -0.2) is 30.9 Å². The molecule has 0 aromatic heterocycles. The quantitative estimate of drug-likeness (QED) is 0.667. The molecule has 4 rings (SSSR count). The lowest BCUT2D eigenvalue weighted by Gasteiger charge is -2.28. The standard InChI is InChI=1S/C25H27NO2/c27-24(18-26-16-15-20-9-7-8-14-23(20)17-26)19-28-25(21-10-3-1-4-11-21)22-12-5-2-6-13-22/h1-14,24-25,27H,15-19H2/p+1/t24-/m1/s1. The van der Waals surface area contributed by atoms with E-state index in [0.717, 1.165) is 30.6 Å². The number of benzene rings is 3. The second-order valence-corrected chi connectivity index (χ2v) is 7.59. The van der Waals surface area contributed by atoms with Crippen molar-refractivity contribution in [1.29, 1.82) is 0 Å². The van der Waals surface area contributed by atoms with Gasteiger partial charge in [-0.2, -0.15) is 0 Å². The van der Waals surface area contributed by atoms with E-state index >= 15 is 0 Å². The molecule has 3 aromatic rings. The summed E-state index contributed by atoms with van der Waals surface area (Å²) in [5.41, 5.74) is 5.08. The lowest BCUT2D eigenvalue weighted by atomic mass is 10.00. The van der Waals surface area contributed by atoms with E-state index in [1.54, 1.807) is 0 Å². The minimum atomic E-state index is -0.477. The molecule has 0 amide bonds. The Morgan fingerprint density at radius 3 is 2.00 bits per heavy atom. The molecule has 2 N–H and O–H groups in total. The Kier molecular flexibility index (Phi) is 6.17. The lowest BCUT2D eigenvalue weighted by Crippen LogP contribution is -3.12. The van der Waals surface area contributed by atoms with Crippen molar-refractivity contribution in [2.45, 2.75) is 25.2 Å². The van der Waals surface area contributed by atoms with E-state index in [-0.39, 0.29) is 6.10 Å². The first-order valence-corrected chi connectivity index (χ1v) is 10.1. The Hall–Kier alpha value is -2.46. The van der Waals surface area contributed by atoms with Gasteiger partial charge in [0.05, 0.1) is 13.2 Å². The summed E-state index contributed by atoms with van der Waals surface area (Å²) in [6.07, 6.45) is 0.444. The van der Waals surface area contributed by atoms with Gasteiger partial charge in [0, 0.05) is 12.0 Å². The van der Waals surface area contributed by atoms with Gasteiger partial charge in [0.2, 0.25) is 0 Å². The number of aliphatic hydroxyl groups excluding tert-OH is 1. The van der Waals surface area contributed by atoms with Crippen LogP contribution in [0.5, 0.6) is 0 Å². The van der Waals surface area contributed by atoms with Crippen LogP contribution in [0.4, 0.5) is 0 Å². The molecule has 0 saturated carbocycles. The van der Waals surface area contributed by atoms with Gasteiger partial charge in [-0.25, -0.2) is 0 Å². The number of hydrogen-bond donors (Lipinski definition) is 2. The van der Waals surface area contributed by atoms with Gasteiger partial charge >= 0.3 is 0 Å². The van der Waals surface area contributed by atoms with Gasteiger partial charge in [0.25, 0.3) is 0 Å². The second-order valence-electron chi connectivity index (χ2n) is 7.59. The van der Waals surface area contributed by atoms with Gasteiger partial charge in [-0.3, -0.25) is 0 Å². The normalized spacial score (nSPS) is 17.3. The molecular weight excluding hydrogens is 346 g/mol. The van der Waals surface area contributed by atoms with Crippen molar-refractivity contribution in [3.63, 3.8) is 0 Å². The highest BCUT2D eigenvalue weighted by molar-refractivity contribution is 5.30. The third-order valence-electron chi connectivity index (χ3n) is 5.49. The monoisotopic (exact) mass is 374 g/mol. The van der Waals surface area contributed by atoms with Crippen molar-refractivity contribution in [2.75, 3.05) is 19.7 Å². The first-order valence-electron chi connectivity index (χ1n) is 10.1. The van der Waals surface area contributed by atoms with Gasteiger partial charge in [0.15, 0.2) is 0 Å². The fraction of sp³-hybridized carbons (Fsp3) is 0.280. The highest BCUT2D eigenvalue weighted by Gasteiger charge is 2.23. The number of ether oxygens (including phenoxy) is 1. The average molecular weight is 375 g/mol. The number of aliphatic hydroxyl groups is 1. The maximum atomic E-state index is 10.6. The number of fused-ring (bicyclic) bond motifs is 1. The minimum Gasteiger partial charge on any atom is -0.385 e. The molecule has 3 nitrogen and oxygen atoms in total. The lowest BCUT2D eigenvalue weighted by molar-refractivity contribution is -0.919. The van der Waals surface area contributed by atoms with Crippen LogP contribution in [-0.2, 0) is 17.7 Å². The Morgan fingerprint density at radius 1 is 0.786 bits per heavy atom. The molecule has 0 bridgehead atoms. The zero-order valence-corrected chi connectivity index (χ0v) is 16.1. The summed E-state index contributed by atoms with van der Waals surface area (Å²) in [5, 5.41) is 10.6. The van der Waals surface area contributed by atoms with Crippen LogP contribution in [0, 0.1) is 0 Å². The molecule has 0 fully saturated rings. The Bertz CT molecular complexity index is 826. The summed E-state index contributed by atoms with van der Waals surface area (Å²) < 4.78 is 6.22. The zero-order valence-electron chi connectivity index (χ0n) is 16.1. The summed E-state index contributed by atoms with van der Waals surface area (Å²) in [7, 11) is 0. The van der Waals surface area contributed by atoms with Crippen molar-refractivity contribution in [3.8, 4) is 0 Å². The van der Waals surface area contributed by atoms with Crippen molar-refractivity contribution >= 4 is 0 Å². The predicted molar refractivity (Wildman–Crippen MR) is 111 cm³/mol. The first-order chi connectivity index (χ1) is 13.8. The molecule has 144 valence electrons. The van der Waals surface area contributed by atoms with E-state index in [0.29, 0.717) is 13.2 Å². The molecule has 1 heterocycles. The summed E-state index contributed by atoms with van der Waals surface area (Å²) in [5.74, 6) is 0. The molecule has 3 aromatic carbocycles. The van der Waals surface area contributed by atoms with E-state index < -0.39 is 6.10 Å². The fourth-order valence-corrected chi connectivity index (χ4v) is 4.06. The highest BCUT2D eigenvalue weighted by Crippen LogP contribution is 2.25. The number of rotatable bonds is 7. The van der Waals surface area contributed by atoms with Crippen LogP contribution >= 0.6 is 0 Å². The van der Waals surface area contributed by atoms with Crippen LogP contribution in [0.2, 0.25) is 0 Å². The SMILES string of the molecule is O[C@@H](COC(c1ccccc1)c1ccccc1)C[NH+]1CCc2ccccc2C1. The van der Waals surface area contributed by atoms with Gasteiger partial charge in [-0.1, -0.05) is 84.9 Å². The smallest absolute Gasteiger partial charge is 0.126 e. The highest BCUT2D eigenvalue weighted by atomic mass is 16.5. The second kappa shape index (κ2) is 9.16. The van der Waals surface area contributed by atoms with Crippen molar-refractivity contribution in [2.24, 2.45) is 0 Å². The summed E-state index contributed by atoms with van der Waals surface area (Å²) in [4.78, 5) is 1.42. The Labute approximate surface area is 167 Å². The number of quaternary nitrogens is 1. The van der Waals surface area contributed by atoms with Crippen LogP contribution in [0.15, 0.2) is 84.9 Å². The summed E-state index contributed by atoms with van der Waals surface area (Å²) in [6, 6.07) is 29.1. The molecule has 0 radical (unpaired) electrons. The van der Waals surface area contributed by atoms with E-state index in [4.69, 9.17) is 4.74 Å². The van der Waals surface area contributed by atoms with Crippen LogP contribution in [0.1, 0.15) is 28.4 Å². The van der Waals surface area contributed by atoms with Gasteiger partial charge < -0.3 is 14.7 Å². The van der Waals surface area contributed by atoms with E-state index in [1.807, 2.05) is 36.4 Å². The number of hydrogen-bond acceptors (Lipinski definition) is 2. The molecule has 3 heteroatoms. The van der Waals surface area contributed by atoms with Crippen LogP contribution < -0.4 is 4.90 Å². The minimum absolute atomic E-state index is 0.158. The fourth-order valence-electron chi connectivity index (χ4n) is 4.06. The van der Waals surface area contributed by atoms with Gasteiger partial charge in [-0.15, -0.1) is 0 Å². The Morgan fingerprint density at radius 2 is 1.36 bits per heavy atom. The van der Waals surface area contributed by atoms with Crippen LogP contribution in [0.3, 0.4) is 0 Å². The number of nitrogens with one attached hydrogen (secondary N) is 1. The first kappa shape index (κ1) is 18.9. The molecule has 0 saturated heterocycles. The predicted octanol–water partition coefficient (Wildman–Crippen LogP) is 2.79. The van der Waals surface area contributed by atoms with Crippen molar-refractivity contribution < 1.29 is 14.7 Å². The molecular formula is C25H28NO2+. The molecule has 1 aliphatic rings. The van der Waals surface area contributed by atoms with Crippen LogP contribution in [0.25, 0.3) is 0 Å². The molecule has 0 spiro atoms. The van der Waals surface area contributed by atoms with Gasteiger partial charge in [-0.05, 0) is 16.7 Å². The average Bonchev–Trinajstić information content (AvgIpc) is 2.75. The zero-order chi connectivity index (χ0) is 19.2. The molecule has 1 aliphatic heterocycles. The third kappa shape index (κ3) is 4.68. The topological polar surface area (TPSA) is 33.9 Å². The van der Waals surface area contributed by atoms with Gasteiger partial charge in [0.1, 0.15) is 25.3 Å². The summed E-state index contributed by atoms with van der Waals surface area (Å²) >= 11 is 0. The van der Waals surface area contributed by atoms with E-state index in [2.05, 4.69) is 48.5 Å². The summed E-state index contributed by atoms with van der Waals surface area (Å²) in [6.45, 7) is 3.09. The van der Waals surface area contributed by atoms with Crippen molar-refractivity contribution in [1.82, 2.24) is 0 Å². The largest absolute Gasteiger partial charge is 0.385 e. The maximum absolute atomic E-state index is 10.6. The maximum Gasteiger partial charge on any atom is 0.126 e. The molecule has 0 aliphatic carbocycles. The molecule has 28 heavy (non-hydrogen) atoms.